The van der Waals surface area contributed by atoms with Gasteiger partial charge in [0.15, 0.2) is 0 Å². The minimum Gasteiger partial charge on any atom is -0.361 e. The van der Waals surface area contributed by atoms with Crippen molar-refractivity contribution in [2.24, 2.45) is 5.92 Å². The second kappa shape index (κ2) is 10.4. The molecule has 6 nitrogen and oxygen atoms in total. The van der Waals surface area contributed by atoms with Crippen molar-refractivity contribution in [1.82, 2.24) is 14.8 Å². The number of carbonyl (C=O) groups is 2. The van der Waals surface area contributed by atoms with E-state index in [-0.39, 0.29) is 18.4 Å². The van der Waals surface area contributed by atoms with E-state index in [0.717, 1.165) is 49.1 Å². The highest BCUT2D eigenvalue weighted by Crippen LogP contribution is 2.23. The summed E-state index contributed by atoms with van der Waals surface area (Å²) >= 11 is 0. The van der Waals surface area contributed by atoms with Gasteiger partial charge in [0.2, 0.25) is 5.91 Å². The topological polar surface area (TPSA) is 59.7 Å². The summed E-state index contributed by atoms with van der Waals surface area (Å²) in [6, 6.07) is 17.1. The third-order valence-electron chi connectivity index (χ3n) is 7.34. The van der Waals surface area contributed by atoms with Gasteiger partial charge < -0.3 is 14.8 Å². The molecular formula is C28H34N4O2. The number of rotatable bonds is 6. The molecule has 0 spiro atoms. The molecule has 0 radical (unpaired) electrons. The largest absolute Gasteiger partial charge is 0.361 e. The molecule has 2 aliphatic rings. The van der Waals surface area contributed by atoms with Crippen LogP contribution in [0, 0.1) is 5.92 Å². The highest BCUT2D eigenvalue weighted by Gasteiger charge is 2.28. The number of hydrogen-bond acceptors (Lipinski definition) is 3. The monoisotopic (exact) mass is 458 g/mol. The second-order valence-corrected chi connectivity index (χ2v) is 9.69. The van der Waals surface area contributed by atoms with E-state index in [1.807, 2.05) is 65.7 Å². The lowest BCUT2D eigenvalue weighted by Crippen LogP contribution is -2.47. The summed E-state index contributed by atoms with van der Waals surface area (Å²) < 4.78 is 0. The van der Waals surface area contributed by atoms with Gasteiger partial charge in [-0.3, -0.25) is 14.5 Å². The summed E-state index contributed by atoms with van der Waals surface area (Å²) in [6.45, 7) is 5.23. The van der Waals surface area contributed by atoms with E-state index < -0.39 is 0 Å². The zero-order chi connectivity index (χ0) is 23.3. The highest BCUT2D eigenvalue weighted by atomic mass is 16.2. The maximum Gasteiger partial charge on any atom is 0.258 e. The Kier molecular flexibility index (Phi) is 6.95. The van der Waals surface area contributed by atoms with Crippen molar-refractivity contribution in [2.75, 3.05) is 44.2 Å². The Bertz CT molecular complexity index is 1110. The van der Waals surface area contributed by atoms with Crippen molar-refractivity contribution in [2.45, 2.75) is 32.1 Å². The van der Waals surface area contributed by atoms with Crippen molar-refractivity contribution in [1.29, 1.82) is 0 Å². The maximum atomic E-state index is 13.5. The number of benzene rings is 2. The first-order valence-electron chi connectivity index (χ1n) is 12.6. The molecule has 2 fully saturated rings. The first-order valence-corrected chi connectivity index (χ1v) is 12.6. The molecule has 2 aliphatic heterocycles. The van der Waals surface area contributed by atoms with E-state index in [2.05, 4.69) is 9.88 Å². The van der Waals surface area contributed by atoms with Gasteiger partial charge in [-0.1, -0.05) is 30.7 Å². The molecule has 1 N–H and O–H groups in total. The van der Waals surface area contributed by atoms with Gasteiger partial charge >= 0.3 is 0 Å². The second-order valence-electron chi connectivity index (χ2n) is 9.69. The molecule has 0 bridgehead atoms. The van der Waals surface area contributed by atoms with Gasteiger partial charge in [-0.2, -0.15) is 0 Å². The lowest BCUT2D eigenvalue weighted by atomic mass is 9.95. The fourth-order valence-electron chi connectivity index (χ4n) is 5.33. The van der Waals surface area contributed by atoms with Crippen LogP contribution in [0.3, 0.4) is 0 Å². The van der Waals surface area contributed by atoms with Gasteiger partial charge in [0, 0.05) is 42.6 Å². The first-order chi connectivity index (χ1) is 16.7. The number of aromatic nitrogens is 1. The number of hydrogen-bond donors (Lipinski definition) is 1. The van der Waals surface area contributed by atoms with E-state index in [1.165, 1.54) is 32.4 Å². The molecule has 5 rings (SSSR count). The fourth-order valence-corrected chi connectivity index (χ4v) is 5.33. The van der Waals surface area contributed by atoms with Crippen molar-refractivity contribution in [3.8, 4) is 0 Å². The van der Waals surface area contributed by atoms with Crippen LogP contribution in [-0.4, -0.2) is 65.9 Å². The van der Waals surface area contributed by atoms with Gasteiger partial charge in [-0.25, -0.2) is 0 Å². The molecule has 0 aliphatic carbocycles. The van der Waals surface area contributed by atoms with E-state index in [0.29, 0.717) is 11.5 Å². The number of para-hydroxylation sites is 1. The SMILES string of the molecule is O=C(CN(C(=O)c1ccc2cc[nH]c2c1)c1ccccc1)N1CCC(CN2CCCCC2)CC1. The fraction of sp³-hybridized carbons (Fsp3) is 0.429. The number of H-pyrrole nitrogens is 1. The average molecular weight is 459 g/mol. The molecule has 2 amide bonds. The minimum absolute atomic E-state index is 0.0228. The number of aromatic amines is 1. The Morgan fingerprint density at radius 1 is 0.912 bits per heavy atom. The van der Waals surface area contributed by atoms with Crippen LogP contribution >= 0.6 is 0 Å². The van der Waals surface area contributed by atoms with E-state index >= 15 is 0 Å². The Hall–Kier alpha value is -3.12. The quantitative estimate of drug-likeness (QED) is 0.590. The molecule has 0 saturated carbocycles. The van der Waals surface area contributed by atoms with E-state index in [4.69, 9.17) is 0 Å². The standard InChI is InChI=1S/C28H34N4O2/c33-27(31-17-12-22(13-18-31)20-30-15-5-2-6-16-30)21-32(25-7-3-1-4-8-25)28(34)24-10-9-23-11-14-29-26(23)19-24/h1,3-4,7-11,14,19,22,29H,2,5-6,12-13,15-18,20-21H2. The summed E-state index contributed by atoms with van der Waals surface area (Å²) in [6.07, 6.45) is 7.95. The molecule has 1 aromatic heterocycles. The van der Waals surface area contributed by atoms with Gasteiger partial charge in [-0.05, 0) is 80.4 Å². The molecule has 0 unspecified atom stereocenters. The lowest BCUT2D eigenvalue weighted by Gasteiger charge is -2.36. The van der Waals surface area contributed by atoms with Crippen LogP contribution < -0.4 is 4.90 Å². The Morgan fingerprint density at radius 2 is 1.68 bits per heavy atom. The van der Waals surface area contributed by atoms with Gasteiger partial charge in [0.05, 0.1) is 0 Å². The number of carbonyl (C=O) groups excluding carboxylic acids is 2. The third kappa shape index (κ3) is 5.17. The number of likely N-dealkylation sites (tertiary alicyclic amines) is 2. The van der Waals surface area contributed by atoms with E-state index in [1.54, 1.807) is 4.90 Å². The summed E-state index contributed by atoms with van der Waals surface area (Å²) in [5, 5.41) is 1.06. The summed E-state index contributed by atoms with van der Waals surface area (Å²) in [5.41, 5.74) is 2.24. The van der Waals surface area contributed by atoms with Crippen LogP contribution in [-0.2, 0) is 4.79 Å². The number of piperidine rings is 2. The van der Waals surface area contributed by atoms with Gasteiger partial charge in [-0.15, -0.1) is 0 Å². The summed E-state index contributed by atoms with van der Waals surface area (Å²) in [7, 11) is 0. The Morgan fingerprint density at radius 3 is 2.44 bits per heavy atom. The average Bonchev–Trinajstić information content (AvgIpc) is 3.36. The van der Waals surface area contributed by atoms with Crippen molar-refractivity contribution in [3.63, 3.8) is 0 Å². The highest BCUT2D eigenvalue weighted by molar-refractivity contribution is 6.10. The molecular weight excluding hydrogens is 424 g/mol. The molecule has 2 aromatic carbocycles. The number of fused-ring (bicyclic) bond motifs is 1. The third-order valence-corrected chi connectivity index (χ3v) is 7.34. The number of nitrogens with zero attached hydrogens (tertiary/aromatic N) is 3. The zero-order valence-corrected chi connectivity index (χ0v) is 19.8. The molecule has 3 heterocycles. The van der Waals surface area contributed by atoms with Crippen LogP contribution in [0.25, 0.3) is 10.9 Å². The van der Waals surface area contributed by atoms with Crippen LogP contribution in [0.15, 0.2) is 60.8 Å². The van der Waals surface area contributed by atoms with E-state index in [9.17, 15) is 9.59 Å². The van der Waals surface area contributed by atoms with Crippen molar-refractivity contribution in [3.05, 3.63) is 66.4 Å². The van der Waals surface area contributed by atoms with Crippen LogP contribution in [0.5, 0.6) is 0 Å². The van der Waals surface area contributed by atoms with Gasteiger partial charge in [0.25, 0.3) is 5.91 Å². The predicted molar refractivity (Wildman–Crippen MR) is 136 cm³/mol. The number of anilines is 1. The summed E-state index contributed by atoms with van der Waals surface area (Å²) in [4.78, 5) is 36.2. The van der Waals surface area contributed by atoms with Gasteiger partial charge in [0.1, 0.15) is 6.54 Å². The Labute approximate surface area is 201 Å². The normalized spacial score (nSPS) is 17.7. The molecule has 0 atom stereocenters. The first kappa shape index (κ1) is 22.7. The Balaban J connectivity index is 1.25. The zero-order valence-electron chi connectivity index (χ0n) is 19.8. The van der Waals surface area contributed by atoms with Crippen LogP contribution in [0.1, 0.15) is 42.5 Å². The van der Waals surface area contributed by atoms with Crippen LogP contribution in [0.4, 0.5) is 5.69 Å². The predicted octanol–water partition coefficient (Wildman–Crippen LogP) is 4.54. The molecule has 3 aromatic rings. The van der Waals surface area contributed by atoms with Crippen molar-refractivity contribution >= 4 is 28.4 Å². The smallest absolute Gasteiger partial charge is 0.258 e. The number of nitrogens with one attached hydrogen (secondary N) is 1. The summed E-state index contributed by atoms with van der Waals surface area (Å²) in [5.74, 6) is 0.534. The molecule has 34 heavy (non-hydrogen) atoms. The lowest BCUT2D eigenvalue weighted by molar-refractivity contribution is -0.131. The molecule has 2 saturated heterocycles. The van der Waals surface area contributed by atoms with Crippen molar-refractivity contribution < 1.29 is 9.59 Å². The molecule has 6 heteroatoms. The minimum atomic E-state index is -0.156. The molecule has 178 valence electrons. The maximum absolute atomic E-state index is 13.5. The van der Waals surface area contributed by atoms with Crippen LogP contribution in [0.2, 0.25) is 0 Å². The number of amides is 2.